The monoisotopic (exact) mass is 392 g/mol. The number of anilines is 2. The summed E-state index contributed by atoms with van der Waals surface area (Å²) in [5, 5.41) is 0. The zero-order chi connectivity index (χ0) is 20.6. The lowest BCUT2D eigenvalue weighted by molar-refractivity contribution is -0.274. The van der Waals surface area contributed by atoms with Crippen molar-refractivity contribution in [3.63, 3.8) is 0 Å². The molecule has 0 spiro atoms. The molecular formula is C21H23F3N2O2. The molecule has 1 heterocycles. The van der Waals surface area contributed by atoms with Crippen molar-refractivity contribution in [1.29, 1.82) is 0 Å². The number of amides is 1. The molecule has 4 nitrogen and oxygen atoms in total. The number of nitrogens with zero attached hydrogens (tertiary/aromatic N) is 2. The van der Waals surface area contributed by atoms with E-state index in [1.807, 2.05) is 38.7 Å². The van der Waals surface area contributed by atoms with Crippen LogP contribution in [-0.2, 0) is 4.79 Å². The first-order valence-corrected chi connectivity index (χ1v) is 9.19. The molecule has 1 aliphatic heterocycles. The number of para-hydroxylation sites is 1. The average molecular weight is 392 g/mol. The Kier molecular flexibility index (Phi) is 5.28. The first-order valence-electron chi connectivity index (χ1n) is 9.19. The minimum absolute atomic E-state index is 0.0293. The number of hydrogen-bond donors (Lipinski definition) is 0. The van der Waals surface area contributed by atoms with E-state index in [4.69, 9.17) is 0 Å². The largest absolute Gasteiger partial charge is 0.573 e. The Morgan fingerprint density at radius 2 is 1.79 bits per heavy atom. The van der Waals surface area contributed by atoms with Crippen LogP contribution in [0.3, 0.4) is 0 Å². The zero-order valence-corrected chi connectivity index (χ0v) is 16.3. The SMILES string of the molecule is CCN1C(=O)CN(C(C)C)c2cc(C)c(-c3ccccc3OC(F)(F)F)cc21. The van der Waals surface area contributed by atoms with Crippen LogP contribution in [0.4, 0.5) is 24.5 Å². The molecule has 1 aliphatic rings. The van der Waals surface area contributed by atoms with Crippen LogP contribution >= 0.6 is 0 Å². The molecule has 2 aromatic rings. The topological polar surface area (TPSA) is 32.8 Å². The number of carbonyl (C=O) groups excluding carboxylic acids is 1. The Balaban J connectivity index is 2.19. The summed E-state index contributed by atoms with van der Waals surface area (Å²) in [6, 6.07) is 9.90. The van der Waals surface area contributed by atoms with E-state index in [-0.39, 0.29) is 24.2 Å². The summed E-state index contributed by atoms with van der Waals surface area (Å²) in [5.41, 5.74) is 3.37. The molecule has 0 radical (unpaired) electrons. The van der Waals surface area contributed by atoms with Gasteiger partial charge in [-0.25, -0.2) is 0 Å². The van der Waals surface area contributed by atoms with Crippen LogP contribution in [0.2, 0.25) is 0 Å². The van der Waals surface area contributed by atoms with Gasteiger partial charge in [-0.3, -0.25) is 4.79 Å². The van der Waals surface area contributed by atoms with Crippen molar-refractivity contribution in [2.75, 3.05) is 22.9 Å². The van der Waals surface area contributed by atoms with Gasteiger partial charge in [0.1, 0.15) is 5.75 Å². The van der Waals surface area contributed by atoms with Crippen molar-refractivity contribution in [3.05, 3.63) is 42.0 Å². The van der Waals surface area contributed by atoms with E-state index in [0.29, 0.717) is 23.4 Å². The van der Waals surface area contributed by atoms with Gasteiger partial charge in [0.15, 0.2) is 0 Å². The first kappa shape index (κ1) is 20.0. The molecule has 1 amide bonds. The second-order valence-corrected chi connectivity index (χ2v) is 7.06. The number of fused-ring (bicyclic) bond motifs is 1. The highest BCUT2D eigenvalue weighted by Crippen LogP contribution is 2.43. The highest BCUT2D eigenvalue weighted by molar-refractivity contribution is 6.04. The van der Waals surface area contributed by atoms with Crippen LogP contribution < -0.4 is 14.5 Å². The van der Waals surface area contributed by atoms with Crippen LogP contribution in [0, 0.1) is 6.92 Å². The van der Waals surface area contributed by atoms with Gasteiger partial charge in [0.25, 0.3) is 0 Å². The third-order valence-corrected chi connectivity index (χ3v) is 4.87. The summed E-state index contributed by atoms with van der Waals surface area (Å²) in [4.78, 5) is 16.3. The number of rotatable bonds is 4. The Labute approximate surface area is 162 Å². The van der Waals surface area contributed by atoms with E-state index in [1.54, 1.807) is 23.1 Å². The van der Waals surface area contributed by atoms with Gasteiger partial charge in [-0.1, -0.05) is 18.2 Å². The fourth-order valence-corrected chi connectivity index (χ4v) is 3.58. The maximum absolute atomic E-state index is 12.8. The van der Waals surface area contributed by atoms with Crippen molar-refractivity contribution in [2.24, 2.45) is 0 Å². The molecule has 0 fully saturated rings. The van der Waals surface area contributed by atoms with Crippen LogP contribution in [-0.4, -0.2) is 31.4 Å². The van der Waals surface area contributed by atoms with Crippen molar-refractivity contribution >= 4 is 17.3 Å². The van der Waals surface area contributed by atoms with E-state index < -0.39 is 6.36 Å². The molecule has 3 rings (SSSR count). The van der Waals surface area contributed by atoms with E-state index in [1.165, 1.54) is 12.1 Å². The number of aryl methyl sites for hydroxylation is 1. The minimum atomic E-state index is -4.78. The summed E-state index contributed by atoms with van der Waals surface area (Å²) in [7, 11) is 0. The lowest BCUT2D eigenvalue weighted by Gasteiger charge is -2.39. The fraction of sp³-hybridized carbons (Fsp3) is 0.381. The van der Waals surface area contributed by atoms with Crippen LogP contribution in [0.25, 0.3) is 11.1 Å². The predicted octanol–water partition coefficient (Wildman–Crippen LogP) is 5.14. The zero-order valence-electron chi connectivity index (χ0n) is 16.3. The fourth-order valence-electron chi connectivity index (χ4n) is 3.58. The number of hydrogen-bond acceptors (Lipinski definition) is 3. The molecule has 0 bridgehead atoms. The van der Waals surface area contributed by atoms with Gasteiger partial charge < -0.3 is 14.5 Å². The molecule has 7 heteroatoms. The number of halogens is 3. The standard InChI is InChI=1S/C21H23F3N2O2/c1-5-25-18-11-16(15-8-6-7-9-19(15)28-21(22,23)24)14(4)10-17(18)26(13(2)3)12-20(25)27/h6-11,13H,5,12H2,1-4H3. The molecule has 2 aromatic carbocycles. The third-order valence-electron chi connectivity index (χ3n) is 4.87. The van der Waals surface area contributed by atoms with E-state index in [9.17, 15) is 18.0 Å². The Hall–Kier alpha value is -2.70. The van der Waals surface area contributed by atoms with Gasteiger partial charge in [0, 0.05) is 18.2 Å². The van der Waals surface area contributed by atoms with Gasteiger partial charge >= 0.3 is 6.36 Å². The summed E-state index contributed by atoms with van der Waals surface area (Å²) >= 11 is 0. The normalized spacial score (nSPS) is 14.5. The van der Waals surface area contributed by atoms with Crippen molar-refractivity contribution in [2.45, 2.75) is 40.1 Å². The van der Waals surface area contributed by atoms with Crippen molar-refractivity contribution < 1.29 is 22.7 Å². The number of benzene rings is 2. The Morgan fingerprint density at radius 3 is 2.39 bits per heavy atom. The second kappa shape index (κ2) is 7.37. The molecule has 0 aliphatic carbocycles. The Morgan fingerprint density at radius 1 is 1.11 bits per heavy atom. The van der Waals surface area contributed by atoms with E-state index in [2.05, 4.69) is 4.74 Å². The average Bonchev–Trinajstić information content (AvgIpc) is 2.60. The number of alkyl halides is 3. The predicted molar refractivity (Wildman–Crippen MR) is 104 cm³/mol. The van der Waals surface area contributed by atoms with Gasteiger partial charge in [0.05, 0.1) is 17.9 Å². The molecule has 28 heavy (non-hydrogen) atoms. The van der Waals surface area contributed by atoms with Crippen LogP contribution in [0.5, 0.6) is 5.75 Å². The number of ether oxygens (including phenoxy) is 1. The van der Waals surface area contributed by atoms with E-state index >= 15 is 0 Å². The molecular weight excluding hydrogens is 369 g/mol. The van der Waals surface area contributed by atoms with E-state index in [0.717, 1.165) is 11.3 Å². The number of likely N-dealkylation sites (N-methyl/N-ethyl adjacent to an activating group) is 1. The van der Waals surface area contributed by atoms with Crippen LogP contribution in [0.15, 0.2) is 36.4 Å². The van der Waals surface area contributed by atoms with Crippen molar-refractivity contribution in [1.82, 2.24) is 0 Å². The van der Waals surface area contributed by atoms with Gasteiger partial charge in [0.2, 0.25) is 5.91 Å². The summed E-state index contributed by atoms with van der Waals surface area (Å²) in [5.74, 6) is -0.290. The minimum Gasteiger partial charge on any atom is -0.405 e. The van der Waals surface area contributed by atoms with Crippen LogP contribution in [0.1, 0.15) is 26.3 Å². The molecule has 0 unspecified atom stereocenters. The quantitative estimate of drug-likeness (QED) is 0.722. The highest BCUT2D eigenvalue weighted by Gasteiger charge is 2.33. The van der Waals surface area contributed by atoms with Gasteiger partial charge in [-0.05, 0) is 57.0 Å². The third kappa shape index (κ3) is 3.79. The molecule has 0 saturated heterocycles. The lowest BCUT2D eigenvalue weighted by atomic mass is 9.96. The lowest BCUT2D eigenvalue weighted by Crippen LogP contribution is -2.48. The van der Waals surface area contributed by atoms with Crippen molar-refractivity contribution in [3.8, 4) is 16.9 Å². The number of carbonyl (C=O) groups is 1. The first-order chi connectivity index (χ1) is 13.1. The maximum atomic E-state index is 12.8. The second-order valence-electron chi connectivity index (χ2n) is 7.06. The summed E-state index contributed by atoms with van der Waals surface area (Å²) in [6.45, 7) is 8.52. The highest BCUT2D eigenvalue weighted by atomic mass is 19.4. The summed E-state index contributed by atoms with van der Waals surface area (Å²) < 4.78 is 42.7. The maximum Gasteiger partial charge on any atom is 0.573 e. The molecule has 0 saturated carbocycles. The van der Waals surface area contributed by atoms with Gasteiger partial charge in [-0.2, -0.15) is 0 Å². The summed E-state index contributed by atoms with van der Waals surface area (Å²) in [6.07, 6.45) is -4.78. The smallest absolute Gasteiger partial charge is 0.405 e. The molecule has 0 aromatic heterocycles. The molecule has 0 atom stereocenters. The Bertz CT molecular complexity index is 894. The molecule has 150 valence electrons. The molecule has 0 N–H and O–H groups in total. The van der Waals surface area contributed by atoms with Gasteiger partial charge in [-0.15, -0.1) is 13.2 Å².